The molecular weight excluding hydrogens is 459 g/mol. The molecule has 31 heavy (non-hydrogen) atoms. The number of aryl methyl sites for hydroxylation is 1. The molecule has 1 amide bonds. The van der Waals surface area contributed by atoms with Crippen LogP contribution in [0.4, 0.5) is 5.13 Å². The smallest absolute Gasteiger partial charge is 0.283 e. The monoisotopic (exact) mass is 478 g/mol. The van der Waals surface area contributed by atoms with Gasteiger partial charge in [-0.15, -0.1) is 0 Å². The molecule has 3 aromatic rings. The maximum absolute atomic E-state index is 12.4. The van der Waals surface area contributed by atoms with Gasteiger partial charge in [-0.3, -0.25) is 4.79 Å². The molecule has 3 rings (SSSR count). The third-order valence-electron chi connectivity index (χ3n) is 4.24. The van der Waals surface area contributed by atoms with Crippen LogP contribution in [0.3, 0.4) is 0 Å². The molecule has 0 atom stereocenters. The first-order valence-corrected chi connectivity index (χ1v) is 10.8. The number of methoxy groups -OCH3 is 1. The molecule has 0 aliphatic rings. The molecule has 162 valence electrons. The van der Waals surface area contributed by atoms with Gasteiger partial charge in [0, 0.05) is 21.2 Å². The number of nitrogens with one attached hydrogen (secondary N) is 1. The lowest BCUT2D eigenvalue weighted by atomic mass is 10.2. The maximum Gasteiger partial charge on any atom is 0.283 e. The fourth-order valence-electron chi connectivity index (χ4n) is 2.74. The van der Waals surface area contributed by atoms with E-state index in [9.17, 15) is 4.79 Å². The second-order valence-corrected chi connectivity index (χ2v) is 8.16. The molecule has 0 spiro atoms. The predicted octanol–water partition coefficient (Wildman–Crippen LogP) is 4.95. The summed E-state index contributed by atoms with van der Waals surface area (Å²) in [6.45, 7) is 2.10. The zero-order valence-corrected chi connectivity index (χ0v) is 19.1. The number of halogens is 2. The van der Waals surface area contributed by atoms with Crippen LogP contribution in [0.25, 0.3) is 0 Å². The van der Waals surface area contributed by atoms with E-state index in [0.717, 1.165) is 16.9 Å². The number of hydrazone groups is 1. The zero-order valence-electron chi connectivity index (χ0n) is 16.8. The van der Waals surface area contributed by atoms with Crippen LogP contribution < -0.4 is 20.6 Å². The molecule has 0 saturated heterocycles. The second kappa shape index (κ2) is 10.5. The van der Waals surface area contributed by atoms with Gasteiger partial charge < -0.3 is 15.2 Å². The fraction of sp³-hybridized carbons (Fsp3) is 0.190. The van der Waals surface area contributed by atoms with Gasteiger partial charge in [-0.2, -0.15) is 5.10 Å². The van der Waals surface area contributed by atoms with Gasteiger partial charge in [-0.25, -0.2) is 10.4 Å². The van der Waals surface area contributed by atoms with Crippen LogP contribution in [0.2, 0.25) is 10.0 Å². The number of nitrogens with two attached hydrogens (primary N) is 1. The van der Waals surface area contributed by atoms with E-state index >= 15 is 0 Å². The van der Waals surface area contributed by atoms with E-state index in [0.29, 0.717) is 49.2 Å². The van der Waals surface area contributed by atoms with E-state index in [1.54, 1.807) is 43.5 Å². The van der Waals surface area contributed by atoms with Crippen LogP contribution in [0.1, 0.15) is 33.4 Å². The summed E-state index contributed by atoms with van der Waals surface area (Å²) >= 11 is 13.3. The Balaban J connectivity index is 1.77. The Morgan fingerprint density at radius 3 is 2.84 bits per heavy atom. The van der Waals surface area contributed by atoms with Crippen molar-refractivity contribution in [3.05, 3.63) is 68.1 Å². The van der Waals surface area contributed by atoms with Crippen molar-refractivity contribution in [2.24, 2.45) is 5.10 Å². The lowest BCUT2D eigenvalue weighted by Crippen LogP contribution is -2.18. The first-order chi connectivity index (χ1) is 14.9. The Labute approximate surface area is 193 Å². The van der Waals surface area contributed by atoms with E-state index in [2.05, 4.69) is 15.5 Å². The topological polar surface area (TPSA) is 98.8 Å². The number of nitrogen functional groups attached to an aromatic ring is 1. The maximum atomic E-state index is 12.4. The summed E-state index contributed by atoms with van der Waals surface area (Å²) in [7, 11) is 1.54. The van der Waals surface area contributed by atoms with Crippen molar-refractivity contribution < 1.29 is 14.3 Å². The Bertz CT molecular complexity index is 1120. The van der Waals surface area contributed by atoms with Gasteiger partial charge in [0.15, 0.2) is 16.6 Å². The largest absolute Gasteiger partial charge is 0.493 e. The molecule has 0 aliphatic heterocycles. The summed E-state index contributed by atoms with van der Waals surface area (Å²) in [6, 6.07) is 10.5. The highest BCUT2D eigenvalue weighted by molar-refractivity contribution is 7.17. The lowest BCUT2D eigenvalue weighted by molar-refractivity contribution is 0.0958. The highest BCUT2D eigenvalue weighted by atomic mass is 35.5. The van der Waals surface area contributed by atoms with Crippen molar-refractivity contribution in [2.45, 2.75) is 20.0 Å². The SMILES string of the molecule is CCc1nc(N)sc1C(=O)N/N=C/c1cccc(OC)c1OCc1ccc(Cl)cc1Cl. The quantitative estimate of drug-likeness (QED) is 0.352. The Kier molecular flexibility index (Phi) is 7.73. The van der Waals surface area contributed by atoms with Crippen LogP contribution >= 0.6 is 34.5 Å². The average Bonchev–Trinajstić information content (AvgIpc) is 3.14. The highest BCUT2D eigenvalue weighted by Gasteiger charge is 2.16. The number of thiazole rings is 1. The minimum absolute atomic E-state index is 0.198. The van der Waals surface area contributed by atoms with E-state index < -0.39 is 0 Å². The van der Waals surface area contributed by atoms with Gasteiger partial charge in [-0.05, 0) is 30.7 Å². The molecule has 0 radical (unpaired) electrons. The summed E-state index contributed by atoms with van der Waals surface area (Å²) in [5.41, 5.74) is 10.2. The molecule has 0 unspecified atom stereocenters. The summed E-state index contributed by atoms with van der Waals surface area (Å²) in [5.74, 6) is 0.606. The second-order valence-electron chi connectivity index (χ2n) is 6.28. The number of rotatable bonds is 8. The Morgan fingerprint density at radius 1 is 1.32 bits per heavy atom. The van der Waals surface area contributed by atoms with E-state index in [1.807, 2.05) is 6.92 Å². The van der Waals surface area contributed by atoms with E-state index in [4.69, 9.17) is 38.4 Å². The third-order valence-corrected chi connectivity index (χ3v) is 5.75. The Hall–Kier alpha value is -2.81. The number of para-hydroxylation sites is 1. The third kappa shape index (κ3) is 5.66. The molecule has 2 aromatic carbocycles. The molecule has 0 saturated carbocycles. The van der Waals surface area contributed by atoms with Gasteiger partial charge in [0.05, 0.1) is 19.0 Å². The number of ether oxygens (including phenoxy) is 2. The number of carbonyl (C=O) groups is 1. The molecule has 1 heterocycles. The van der Waals surface area contributed by atoms with Crippen LogP contribution in [-0.4, -0.2) is 24.2 Å². The van der Waals surface area contributed by atoms with Gasteiger partial charge >= 0.3 is 0 Å². The van der Waals surface area contributed by atoms with Crippen molar-refractivity contribution >= 4 is 51.8 Å². The summed E-state index contributed by atoms with van der Waals surface area (Å²) < 4.78 is 11.4. The van der Waals surface area contributed by atoms with Crippen molar-refractivity contribution in [3.63, 3.8) is 0 Å². The summed E-state index contributed by atoms with van der Waals surface area (Å²) in [6.07, 6.45) is 2.08. The number of nitrogens with zero attached hydrogens (tertiary/aromatic N) is 2. The first kappa shape index (κ1) is 22.9. The number of hydrogen-bond donors (Lipinski definition) is 2. The van der Waals surface area contributed by atoms with Gasteiger partial charge in [0.25, 0.3) is 5.91 Å². The minimum Gasteiger partial charge on any atom is -0.493 e. The van der Waals surface area contributed by atoms with E-state index in [-0.39, 0.29) is 12.5 Å². The standard InChI is InChI=1S/C21H20Cl2N4O3S/c1-3-16-19(31-21(24)26-16)20(28)27-25-10-12-5-4-6-17(29-2)18(12)30-11-13-7-8-14(22)9-15(13)23/h4-10H,3,11H2,1-2H3,(H2,24,26)(H,27,28)/b25-10+. The van der Waals surface area contributed by atoms with Crippen molar-refractivity contribution in [2.75, 3.05) is 12.8 Å². The fourth-order valence-corrected chi connectivity index (χ4v) is 4.01. The molecule has 0 bridgehead atoms. The lowest BCUT2D eigenvalue weighted by Gasteiger charge is -2.14. The number of hydrogen-bond acceptors (Lipinski definition) is 7. The molecule has 3 N–H and O–H groups in total. The van der Waals surface area contributed by atoms with Crippen molar-refractivity contribution in [1.29, 1.82) is 0 Å². The molecule has 7 nitrogen and oxygen atoms in total. The number of benzene rings is 2. The number of anilines is 1. The molecule has 1 aromatic heterocycles. The molecule has 0 fully saturated rings. The molecule has 0 aliphatic carbocycles. The zero-order chi connectivity index (χ0) is 22.4. The van der Waals surface area contributed by atoms with Crippen LogP contribution in [0.15, 0.2) is 41.5 Å². The van der Waals surface area contributed by atoms with Gasteiger partial charge in [-0.1, -0.05) is 53.6 Å². The normalized spacial score (nSPS) is 11.0. The minimum atomic E-state index is -0.374. The summed E-state index contributed by atoms with van der Waals surface area (Å²) in [4.78, 5) is 17.0. The molecule has 10 heteroatoms. The summed E-state index contributed by atoms with van der Waals surface area (Å²) in [5, 5.41) is 5.45. The van der Waals surface area contributed by atoms with Crippen molar-refractivity contribution in [1.82, 2.24) is 10.4 Å². The first-order valence-electron chi connectivity index (χ1n) is 9.25. The highest BCUT2D eigenvalue weighted by Crippen LogP contribution is 2.32. The average molecular weight is 479 g/mol. The van der Waals surface area contributed by atoms with Gasteiger partial charge in [0.1, 0.15) is 11.5 Å². The predicted molar refractivity (Wildman–Crippen MR) is 125 cm³/mol. The number of carbonyl (C=O) groups excluding carboxylic acids is 1. The van der Waals surface area contributed by atoms with Gasteiger partial charge in [0.2, 0.25) is 0 Å². The number of amides is 1. The number of aromatic nitrogens is 1. The van der Waals surface area contributed by atoms with Crippen LogP contribution in [-0.2, 0) is 13.0 Å². The van der Waals surface area contributed by atoms with Crippen LogP contribution in [0, 0.1) is 0 Å². The molecular formula is C21H20Cl2N4O3S. The van der Waals surface area contributed by atoms with E-state index in [1.165, 1.54) is 6.21 Å². The van der Waals surface area contributed by atoms with Crippen molar-refractivity contribution in [3.8, 4) is 11.5 Å². The Morgan fingerprint density at radius 2 is 2.13 bits per heavy atom. The van der Waals surface area contributed by atoms with Crippen LogP contribution in [0.5, 0.6) is 11.5 Å².